The highest BCUT2D eigenvalue weighted by atomic mass is 19.1. The Labute approximate surface area is 108 Å². The van der Waals surface area contributed by atoms with E-state index in [9.17, 15) is 8.78 Å². The quantitative estimate of drug-likeness (QED) is 0.682. The molecule has 0 saturated carbocycles. The Balaban J connectivity index is 2.24. The highest BCUT2D eigenvalue weighted by Gasteiger charge is 2.11. The smallest absolute Gasteiger partial charge is 0.146 e. The van der Waals surface area contributed by atoms with Gasteiger partial charge in [-0.25, -0.2) is 13.8 Å². The molecule has 0 radical (unpaired) electrons. The highest BCUT2D eigenvalue weighted by molar-refractivity contribution is 5.80. The van der Waals surface area contributed by atoms with Gasteiger partial charge in [0.05, 0.1) is 16.7 Å². The molecule has 5 heteroatoms. The zero-order valence-corrected chi connectivity index (χ0v) is 10.2. The fraction of sp³-hybridized carbons (Fsp3) is 0.0714. The van der Waals surface area contributed by atoms with E-state index >= 15 is 0 Å². The minimum Gasteiger partial charge on any atom is -0.396 e. The molecule has 0 saturated heterocycles. The molecule has 0 amide bonds. The van der Waals surface area contributed by atoms with E-state index in [2.05, 4.69) is 4.98 Å². The van der Waals surface area contributed by atoms with Gasteiger partial charge in [0.25, 0.3) is 0 Å². The van der Waals surface area contributed by atoms with E-state index in [0.29, 0.717) is 22.4 Å². The van der Waals surface area contributed by atoms with Crippen molar-refractivity contribution in [1.29, 1.82) is 0 Å². The van der Waals surface area contributed by atoms with Crippen molar-refractivity contribution < 1.29 is 8.78 Å². The van der Waals surface area contributed by atoms with E-state index in [0.717, 1.165) is 0 Å². The molecule has 0 aliphatic heterocycles. The lowest BCUT2D eigenvalue weighted by atomic mass is 10.2. The van der Waals surface area contributed by atoms with E-state index < -0.39 is 5.82 Å². The number of nitrogens with zero attached hydrogens (tertiary/aromatic N) is 2. The molecule has 0 unspecified atom stereocenters. The summed E-state index contributed by atoms with van der Waals surface area (Å²) in [6.07, 6.45) is 0. The number of nitrogen functional groups attached to an aromatic ring is 1. The molecule has 0 atom stereocenters. The SMILES string of the molecule is Cn1c(-c2ccc(N)c(F)c2)nc2ccc(F)cc21. The summed E-state index contributed by atoms with van der Waals surface area (Å²) in [5.74, 6) is -0.249. The number of fused-ring (bicyclic) bond motifs is 1. The molecule has 19 heavy (non-hydrogen) atoms. The van der Waals surface area contributed by atoms with Gasteiger partial charge >= 0.3 is 0 Å². The zero-order valence-electron chi connectivity index (χ0n) is 10.2. The first-order valence-electron chi connectivity index (χ1n) is 5.73. The molecule has 2 N–H and O–H groups in total. The van der Waals surface area contributed by atoms with Gasteiger partial charge < -0.3 is 10.3 Å². The molecule has 1 heterocycles. The molecule has 1 aromatic heterocycles. The molecule has 0 aliphatic rings. The van der Waals surface area contributed by atoms with Gasteiger partial charge in [0.2, 0.25) is 0 Å². The number of halogens is 2. The van der Waals surface area contributed by atoms with Gasteiger partial charge in [0.15, 0.2) is 0 Å². The van der Waals surface area contributed by atoms with Gasteiger partial charge in [-0.3, -0.25) is 0 Å². The Morgan fingerprint density at radius 3 is 2.63 bits per heavy atom. The molecule has 3 aromatic rings. The van der Waals surface area contributed by atoms with Crippen LogP contribution in [0.3, 0.4) is 0 Å². The van der Waals surface area contributed by atoms with Crippen molar-refractivity contribution in [2.45, 2.75) is 0 Å². The Bertz CT molecular complexity index is 778. The van der Waals surface area contributed by atoms with Crippen molar-refractivity contribution >= 4 is 16.7 Å². The van der Waals surface area contributed by atoms with Crippen LogP contribution in [0.15, 0.2) is 36.4 Å². The van der Waals surface area contributed by atoms with Crippen LogP contribution < -0.4 is 5.73 Å². The molecular formula is C14H11F2N3. The van der Waals surface area contributed by atoms with Crippen LogP contribution in [0.4, 0.5) is 14.5 Å². The predicted octanol–water partition coefficient (Wildman–Crippen LogP) is 3.10. The van der Waals surface area contributed by atoms with Crippen molar-refractivity contribution in [1.82, 2.24) is 9.55 Å². The van der Waals surface area contributed by atoms with Gasteiger partial charge in [-0.2, -0.15) is 0 Å². The summed E-state index contributed by atoms with van der Waals surface area (Å²) in [5.41, 5.74) is 7.46. The number of aromatic nitrogens is 2. The molecule has 0 spiro atoms. The number of hydrogen-bond donors (Lipinski definition) is 1. The van der Waals surface area contributed by atoms with Crippen molar-refractivity contribution in [3.63, 3.8) is 0 Å². The Hall–Kier alpha value is -2.43. The molecular weight excluding hydrogens is 248 g/mol. The van der Waals surface area contributed by atoms with Gasteiger partial charge in [-0.15, -0.1) is 0 Å². The van der Waals surface area contributed by atoms with Crippen molar-refractivity contribution in [3.05, 3.63) is 48.0 Å². The molecule has 96 valence electrons. The topological polar surface area (TPSA) is 43.8 Å². The number of imidazole rings is 1. The lowest BCUT2D eigenvalue weighted by Gasteiger charge is -2.04. The maximum atomic E-state index is 13.5. The summed E-state index contributed by atoms with van der Waals surface area (Å²) in [6, 6.07) is 8.86. The third-order valence-corrected chi connectivity index (χ3v) is 3.10. The summed E-state index contributed by atoms with van der Waals surface area (Å²) < 4.78 is 28.4. The van der Waals surface area contributed by atoms with Crippen molar-refractivity contribution in [2.24, 2.45) is 7.05 Å². The fourth-order valence-electron chi connectivity index (χ4n) is 2.09. The van der Waals surface area contributed by atoms with Crippen molar-refractivity contribution in [2.75, 3.05) is 5.73 Å². The first-order chi connectivity index (χ1) is 9.06. The summed E-state index contributed by atoms with van der Waals surface area (Å²) in [6.45, 7) is 0. The summed E-state index contributed by atoms with van der Waals surface area (Å²) in [5, 5.41) is 0. The van der Waals surface area contributed by atoms with Gasteiger partial charge in [0, 0.05) is 12.6 Å². The highest BCUT2D eigenvalue weighted by Crippen LogP contribution is 2.26. The summed E-state index contributed by atoms with van der Waals surface area (Å²) >= 11 is 0. The number of aryl methyl sites for hydroxylation is 1. The van der Waals surface area contributed by atoms with Crippen LogP contribution in [-0.2, 0) is 7.05 Å². The van der Waals surface area contributed by atoms with E-state index in [1.807, 2.05) is 0 Å². The maximum absolute atomic E-state index is 13.5. The fourth-order valence-corrected chi connectivity index (χ4v) is 2.09. The lowest BCUT2D eigenvalue weighted by Crippen LogP contribution is -1.95. The van der Waals surface area contributed by atoms with Crippen LogP contribution in [0.1, 0.15) is 0 Å². The van der Waals surface area contributed by atoms with E-state index in [4.69, 9.17) is 5.73 Å². The number of rotatable bonds is 1. The van der Waals surface area contributed by atoms with Crippen LogP contribution in [0.5, 0.6) is 0 Å². The van der Waals surface area contributed by atoms with E-state index in [1.54, 1.807) is 23.7 Å². The molecule has 3 nitrogen and oxygen atoms in total. The normalized spacial score (nSPS) is 11.1. The third-order valence-electron chi connectivity index (χ3n) is 3.10. The van der Waals surface area contributed by atoms with E-state index in [-0.39, 0.29) is 11.5 Å². The zero-order chi connectivity index (χ0) is 13.6. The number of nitrogens with two attached hydrogens (primary N) is 1. The summed E-state index contributed by atoms with van der Waals surface area (Å²) in [4.78, 5) is 4.38. The Morgan fingerprint density at radius 2 is 1.89 bits per heavy atom. The second-order valence-corrected chi connectivity index (χ2v) is 4.36. The van der Waals surface area contributed by atoms with Gasteiger partial charge in [0.1, 0.15) is 17.5 Å². The average molecular weight is 259 g/mol. The molecule has 0 aliphatic carbocycles. The molecule has 0 fully saturated rings. The predicted molar refractivity (Wildman–Crippen MR) is 70.5 cm³/mol. The van der Waals surface area contributed by atoms with Crippen LogP contribution in [0, 0.1) is 11.6 Å². The van der Waals surface area contributed by atoms with E-state index in [1.165, 1.54) is 24.3 Å². The first-order valence-corrected chi connectivity index (χ1v) is 5.73. The van der Waals surface area contributed by atoms with Gasteiger partial charge in [-0.05, 0) is 36.4 Å². The van der Waals surface area contributed by atoms with Crippen LogP contribution in [0.25, 0.3) is 22.4 Å². The molecule has 3 rings (SSSR count). The first kappa shape index (κ1) is 11.6. The van der Waals surface area contributed by atoms with Gasteiger partial charge in [-0.1, -0.05) is 0 Å². The van der Waals surface area contributed by atoms with Crippen LogP contribution in [-0.4, -0.2) is 9.55 Å². The third kappa shape index (κ3) is 1.83. The number of hydrogen-bond acceptors (Lipinski definition) is 2. The Kier molecular flexibility index (Phi) is 2.48. The standard InChI is InChI=1S/C14H11F2N3/c1-19-13-7-9(15)3-5-12(13)18-14(19)8-2-4-11(17)10(16)6-8/h2-7H,17H2,1H3. The Morgan fingerprint density at radius 1 is 1.11 bits per heavy atom. The monoisotopic (exact) mass is 259 g/mol. The minimum absolute atomic E-state index is 0.0913. The average Bonchev–Trinajstić information content (AvgIpc) is 2.70. The molecule has 0 bridgehead atoms. The van der Waals surface area contributed by atoms with Crippen molar-refractivity contribution in [3.8, 4) is 11.4 Å². The molecule has 2 aromatic carbocycles. The lowest BCUT2D eigenvalue weighted by molar-refractivity contribution is 0.628. The van der Waals surface area contributed by atoms with Crippen LogP contribution >= 0.6 is 0 Å². The van der Waals surface area contributed by atoms with Crippen LogP contribution in [0.2, 0.25) is 0 Å². The number of anilines is 1. The largest absolute Gasteiger partial charge is 0.396 e. The second-order valence-electron chi connectivity index (χ2n) is 4.36. The maximum Gasteiger partial charge on any atom is 0.146 e. The second kappa shape index (κ2) is 4.05. The number of benzene rings is 2. The summed E-state index contributed by atoms with van der Waals surface area (Å²) in [7, 11) is 1.76. The minimum atomic E-state index is -0.490.